The predicted molar refractivity (Wildman–Crippen MR) is 92.2 cm³/mol. The standard InChI is InChI=1S/C15H14Cl2N4O4/c16-9-1-3-12(10(17)7-9)25-8-14(23)18-5-6-19-15(24)11-2-4-13(22)21-20-11/h1-4,7H,5-6,8H2,(H,18,23)(H,19,24)(H,21,22). The number of aromatic amines is 1. The Bertz CT molecular complexity index is 805. The quantitative estimate of drug-likeness (QED) is 0.616. The fourth-order valence-corrected chi connectivity index (χ4v) is 2.19. The van der Waals surface area contributed by atoms with Crippen molar-refractivity contribution in [1.29, 1.82) is 0 Å². The predicted octanol–water partition coefficient (Wildman–Crippen LogP) is 1.00. The topological polar surface area (TPSA) is 113 Å². The third kappa shape index (κ3) is 6.09. The molecule has 25 heavy (non-hydrogen) atoms. The van der Waals surface area contributed by atoms with E-state index < -0.39 is 11.5 Å². The minimum Gasteiger partial charge on any atom is -0.482 e. The molecule has 2 aromatic rings. The van der Waals surface area contributed by atoms with Crippen LogP contribution in [-0.4, -0.2) is 41.7 Å². The summed E-state index contributed by atoms with van der Waals surface area (Å²) in [5.41, 5.74) is -0.323. The number of nitrogens with one attached hydrogen (secondary N) is 3. The molecule has 0 saturated carbocycles. The first-order chi connectivity index (χ1) is 12.0. The largest absolute Gasteiger partial charge is 0.482 e. The number of aromatic nitrogens is 2. The van der Waals surface area contributed by atoms with E-state index >= 15 is 0 Å². The van der Waals surface area contributed by atoms with Crippen molar-refractivity contribution in [2.45, 2.75) is 0 Å². The molecule has 0 bridgehead atoms. The van der Waals surface area contributed by atoms with E-state index in [4.69, 9.17) is 27.9 Å². The van der Waals surface area contributed by atoms with Crippen LogP contribution >= 0.6 is 23.2 Å². The molecule has 8 nitrogen and oxygen atoms in total. The van der Waals surface area contributed by atoms with E-state index in [0.29, 0.717) is 15.8 Å². The summed E-state index contributed by atoms with van der Waals surface area (Å²) < 4.78 is 5.28. The van der Waals surface area contributed by atoms with Crippen molar-refractivity contribution < 1.29 is 14.3 Å². The average Bonchev–Trinajstić information content (AvgIpc) is 2.58. The SMILES string of the molecule is O=C(COc1ccc(Cl)cc1Cl)NCCNC(=O)c1ccc(=O)[nH]n1. The van der Waals surface area contributed by atoms with Gasteiger partial charge in [-0.2, -0.15) is 5.10 Å². The first kappa shape index (κ1) is 18.8. The first-order valence-corrected chi connectivity index (χ1v) is 7.90. The molecule has 1 aromatic carbocycles. The summed E-state index contributed by atoms with van der Waals surface area (Å²) in [7, 11) is 0. The summed E-state index contributed by atoms with van der Waals surface area (Å²) in [5, 5.41) is 11.6. The van der Waals surface area contributed by atoms with Crippen LogP contribution in [0.25, 0.3) is 0 Å². The minimum absolute atomic E-state index is 0.0756. The van der Waals surface area contributed by atoms with Crippen molar-refractivity contribution in [2.75, 3.05) is 19.7 Å². The summed E-state index contributed by atoms with van der Waals surface area (Å²) in [5.74, 6) is -0.490. The van der Waals surface area contributed by atoms with E-state index in [1.807, 2.05) is 0 Å². The second kappa shape index (κ2) is 9.05. The van der Waals surface area contributed by atoms with Gasteiger partial charge in [0, 0.05) is 24.2 Å². The summed E-state index contributed by atoms with van der Waals surface area (Å²) >= 11 is 11.7. The monoisotopic (exact) mass is 384 g/mol. The Labute approximate surface area is 152 Å². The van der Waals surface area contributed by atoms with E-state index in [1.165, 1.54) is 18.2 Å². The molecular weight excluding hydrogens is 371 g/mol. The average molecular weight is 385 g/mol. The number of rotatable bonds is 7. The Hall–Kier alpha value is -2.58. The van der Waals surface area contributed by atoms with Gasteiger partial charge < -0.3 is 15.4 Å². The van der Waals surface area contributed by atoms with Crippen LogP contribution < -0.4 is 20.9 Å². The van der Waals surface area contributed by atoms with Crippen molar-refractivity contribution in [2.24, 2.45) is 0 Å². The molecule has 0 saturated heterocycles. The molecule has 0 radical (unpaired) electrons. The van der Waals surface area contributed by atoms with Crippen molar-refractivity contribution in [3.05, 3.63) is 56.4 Å². The molecule has 0 aliphatic carbocycles. The number of H-pyrrole nitrogens is 1. The van der Waals surface area contributed by atoms with E-state index in [2.05, 4.69) is 20.8 Å². The second-order valence-electron chi connectivity index (χ2n) is 4.78. The maximum absolute atomic E-state index is 11.7. The maximum atomic E-state index is 11.7. The lowest BCUT2D eigenvalue weighted by Crippen LogP contribution is -2.37. The van der Waals surface area contributed by atoms with Gasteiger partial charge in [-0.3, -0.25) is 14.4 Å². The fourth-order valence-electron chi connectivity index (χ4n) is 1.73. The number of carbonyl (C=O) groups excluding carboxylic acids is 2. The van der Waals surface area contributed by atoms with Gasteiger partial charge in [0.15, 0.2) is 6.61 Å². The molecule has 10 heteroatoms. The lowest BCUT2D eigenvalue weighted by Gasteiger charge is -2.09. The van der Waals surface area contributed by atoms with Gasteiger partial charge in [0.05, 0.1) is 5.02 Å². The third-order valence-corrected chi connectivity index (χ3v) is 3.43. The van der Waals surface area contributed by atoms with Gasteiger partial charge in [-0.1, -0.05) is 23.2 Å². The highest BCUT2D eigenvalue weighted by atomic mass is 35.5. The van der Waals surface area contributed by atoms with Crippen LogP contribution in [0.5, 0.6) is 5.75 Å². The summed E-state index contributed by atoms with van der Waals surface area (Å²) in [6, 6.07) is 7.17. The number of benzene rings is 1. The highest BCUT2D eigenvalue weighted by molar-refractivity contribution is 6.35. The fraction of sp³-hybridized carbons (Fsp3) is 0.200. The van der Waals surface area contributed by atoms with Gasteiger partial charge in [-0.15, -0.1) is 0 Å². The van der Waals surface area contributed by atoms with Crippen molar-refractivity contribution in [3.8, 4) is 5.75 Å². The zero-order valence-corrected chi connectivity index (χ0v) is 14.4. The maximum Gasteiger partial charge on any atom is 0.271 e. The molecule has 1 aromatic heterocycles. The van der Waals surface area contributed by atoms with Gasteiger partial charge in [0.25, 0.3) is 17.4 Å². The lowest BCUT2D eigenvalue weighted by atomic mass is 10.3. The number of amides is 2. The van der Waals surface area contributed by atoms with Crippen LogP contribution in [0.15, 0.2) is 35.1 Å². The van der Waals surface area contributed by atoms with Gasteiger partial charge >= 0.3 is 0 Å². The minimum atomic E-state index is -0.463. The van der Waals surface area contributed by atoms with Gasteiger partial charge in [0.1, 0.15) is 11.4 Å². The smallest absolute Gasteiger partial charge is 0.271 e. The van der Waals surface area contributed by atoms with E-state index in [0.717, 1.165) is 0 Å². The Morgan fingerprint density at radius 3 is 2.56 bits per heavy atom. The van der Waals surface area contributed by atoms with E-state index in [9.17, 15) is 14.4 Å². The number of halogens is 2. The van der Waals surface area contributed by atoms with Crippen LogP contribution in [0.4, 0.5) is 0 Å². The molecule has 0 aliphatic heterocycles. The Morgan fingerprint density at radius 2 is 1.88 bits per heavy atom. The van der Waals surface area contributed by atoms with Crippen LogP contribution in [0.1, 0.15) is 10.5 Å². The van der Waals surface area contributed by atoms with Crippen molar-refractivity contribution in [3.63, 3.8) is 0 Å². The Morgan fingerprint density at radius 1 is 1.12 bits per heavy atom. The van der Waals surface area contributed by atoms with Gasteiger partial charge in [-0.05, 0) is 24.3 Å². The molecule has 0 unspecified atom stereocenters. The normalized spacial score (nSPS) is 10.2. The van der Waals surface area contributed by atoms with Gasteiger partial charge in [0.2, 0.25) is 0 Å². The molecule has 2 rings (SSSR count). The molecule has 2 amide bonds. The molecule has 3 N–H and O–H groups in total. The van der Waals surface area contributed by atoms with Crippen molar-refractivity contribution >= 4 is 35.0 Å². The molecule has 132 valence electrons. The molecule has 0 spiro atoms. The molecule has 1 heterocycles. The zero-order chi connectivity index (χ0) is 18.2. The molecule has 0 fully saturated rings. The van der Waals surface area contributed by atoms with Crippen LogP contribution in [0, 0.1) is 0 Å². The van der Waals surface area contributed by atoms with Crippen LogP contribution in [-0.2, 0) is 4.79 Å². The van der Waals surface area contributed by atoms with Crippen LogP contribution in [0.3, 0.4) is 0 Å². The van der Waals surface area contributed by atoms with Crippen LogP contribution in [0.2, 0.25) is 10.0 Å². The molecule has 0 atom stereocenters. The summed E-state index contributed by atoms with van der Waals surface area (Å²) in [6.45, 7) is 0.162. The second-order valence-corrected chi connectivity index (χ2v) is 5.62. The number of nitrogens with zero attached hydrogens (tertiary/aromatic N) is 1. The zero-order valence-electron chi connectivity index (χ0n) is 12.8. The van der Waals surface area contributed by atoms with E-state index in [1.54, 1.807) is 12.1 Å². The third-order valence-electron chi connectivity index (χ3n) is 2.90. The Balaban J connectivity index is 1.67. The number of hydrogen-bond donors (Lipinski definition) is 3. The summed E-state index contributed by atoms with van der Waals surface area (Å²) in [6.07, 6.45) is 0. The number of carbonyl (C=O) groups is 2. The number of ether oxygens (including phenoxy) is 1. The summed E-state index contributed by atoms with van der Waals surface area (Å²) in [4.78, 5) is 34.3. The number of hydrogen-bond acceptors (Lipinski definition) is 5. The van der Waals surface area contributed by atoms with Gasteiger partial charge in [-0.25, -0.2) is 5.10 Å². The highest BCUT2D eigenvalue weighted by Gasteiger charge is 2.08. The molecular formula is C15H14Cl2N4O4. The lowest BCUT2D eigenvalue weighted by molar-refractivity contribution is -0.123. The molecule has 0 aliphatic rings. The Kier molecular flexibility index (Phi) is 6.79. The van der Waals surface area contributed by atoms with E-state index in [-0.39, 0.29) is 31.3 Å². The first-order valence-electron chi connectivity index (χ1n) is 7.14. The highest BCUT2D eigenvalue weighted by Crippen LogP contribution is 2.27. The van der Waals surface area contributed by atoms with Crippen molar-refractivity contribution in [1.82, 2.24) is 20.8 Å².